The summed E-state index contributed by atoms with van der Waals surface area (Å²) in [6.07, 6.45) is -0.875. The highest BCUT2D eigenvalue weighted by molar-refractivity contribution is 7.87. The summed E-state index contributed by atoms with van der Waals surface area (Å²) in [7, 11) is -15.3. The summed E-state index contributed by atoms with van der Waals surface area (Å²) in [6, 6.07) is 0.392. The molecule has 1 rings (SSSR count). The Labute approximate surface area is 148 Å². The van der Waals surface area contributed by atoms with Crippen LogP contribution in [0.3, 0.4) is 0 Å². The molecule has 9 nitrogen and oxygen atoms in total. The van der Waals surface area contributed by atoms with Crippen molar-refractivity contribution in [1.29, 1.82) is 0 Å². The Kier molecular flexibility index (Phi) is 6.66. The molecule has 0 amide bonds. The zero-order chi connectivity index (χ0) is 18.9. The van der Waals surface area contributed by atoms with Gasteiger partial charge < -0.3 is 0 Å². The lowest BCUT2D eigenvalue weighted by Gasteiger charge is -2.17. The number of hydrogen-bond acceptors (Lipinski definition) is 6. The van der Waals surface area contributed by atoms with E-state index in [1.165, 1.54) is 0 Å². The zero-order valence-corrected chi connectivity index (χ0v) is 15.6. The molecule has 0 heterocycles. The van der Waals surface area contributed by atoms with E-state index in [0.29, 0.717) is 6.07 Å². The average molecular weight is 443 g/mol. The van der Waals surface area contributed by atoms with Gasteiger partial charge in [0.2, 0.25) is 0 Å². The first-order valence-corrected chi connectivity index (χ1v) is 11.4. The molecule has 1 aromatic rings. The smallest absolute Gasteiger partial charge is 0.282 e. The minimum absolute atomic E-state index is 0.309. The van der Waals surface area contributed by atoms with Crippen molar-refractivity contribution in [1.82, 2.24) is 0 Å². The third kappa shape index (κ3) is 4.79. The number of halogens is 2. The second-order valence-corrected chi connectivity index (χ2v) is 9.36. The Hall–Kier alpha value is -0.470. The SMILES string of the molecule is O=S(=O)(O)c1cc(S(=O)(=O)O)c(CCCl)c(S(=O)(=O)O)c1CCCl. The largest absolute Gasteiger partial charge is 0.295 e. The predicted octanol–water partition coefficient (Wildman–Crippen LogP) is 0.989. The molecule has 0 atom stereocenters. The van der Waals surface area contributed by atoms with Gasteiger partial charge in [-0.3, -0.25) is 13.7 Å². The molecule has 0 saturated carbocycles. The molecule has 0 saturated heterocycles. The van der Waals surface area contributed by atoms with Crippen LogP contribution in [0, 0.1) is 0 Å². The van der Waals surface area contributed by atoms with E-state index in [-0.39, 0.29) is 11.8 Å². The highest BCUT2D eigenvalue weighted by atomic mass is 35.5. The number of hydrogen-bond donors (Lipinski definition) is 3. The summed E-state index contributed by atoms with van der Waals surface area (Å²) in [4.78, 5) is -3.30. The van der Waals surface area contributed by atoms with Gasteiger partial charge in [-0.15, -0.1) is 23.2 Å². The second kappa shape index (κ2) is 7.41. The van der Waals surface area contributed by atoms with Crippen molar-refractivity contribution in [2.24, 2.45) is 0 Å². The fourth-order valence-corrected chi connectivity index (χ4v) is 5.33. The fraction of sp³-hybridized carbons (Fsp3) is 0.400. The first-order valence-electron chi connectivity index (χ1n) is 5.98. The molecule has 0 aliphatic heterocycles. The van der Waals surface area contributed by atoms with Gasteiger partial charge in [-0.25, -0.2) is 0 Å². The first kappa shape index (κ1) is 21.6. The molecular formula is C10H12Cl2O9S3. The third-order valence-electron chi connectivity index (χ3n) is 2.91. The molecule has 0 unspecified atom stereocenters. The first-order chi connectivity index (χ1) is 10.7. The van der Waals surface area contributed by atoms with Crippen molar-refractivity contribution < 1.29 is 38.9 Å². The van der Waals surface area contributed by atoms with E-state index < -0.39 is 69.0 Å². The van der Waals surface area contributed by atoms with Gasteiger partial charge in [-0.2, -0.15) is 25.3 Å². The lowest BCUT2D eigenvalue weighted by Crippen LogP contribution is -2.18. The van der Waals surface area contributed by atoms with Crippen LogP contribution in [0.4, 0.5) is 0 Å². The van der Waals surface area contributed by atoms with Gasteiger partial charge in [-0.05, 0) is 30.0 Å². The summed E-state index contributed by atoms with van der Waals surface area (Å²) < 4.78 is 97.3. The monoisotopic (exact) mass is 442 g/mol. The molecule has 0 aliphatic carbocycles. The molecule has 14 heteroatoms. The maximum atomic E-state index is 11.7. The molecule has 0 aromatic heterocycles. The van der Waals surface area contributed by atoms with Gasteiger partial charge in [0, 0.05) is 11.8 Å². The lowest BCUT2D eigenvalue weighted by molar-refractivity contribution is 0.474. The molecule has 0 aliphatic rings. The van der Waals surface area contributed by atoms with Crippen LogP contribution in [0.5, 0.6) is 0 Å². The van der Waals surface area contributed by atoms with Crippen molar-refractivity contribution in [2.45, 2.75) is 27.5 Å². The van der Waals surface area contributed by atoms with Gasteiger partial charge in [0.05, 0.1) is 9.79 Å². The minimum Gasteiger partial charge on any atom is -0.282 e. The van der Waals surface area contributed by atoms with Crippen LogP contribution in [0.25, 0.3) is 0 Å². The third-order valence-corrected chi connectivity index (χ3v) is 6.13. The molecule has 138 valence electrons. The molecule has 0 radical (unpaired) electrons. The van der Waals surface area contributed by atoms with Crippen molar-refractivity contribution in [3.63, 3.8) is 0 Å². The quantitative estimate of drug-likeness (QED) is 0.412. The lowest BCUT2D eigenvalue weighted by atomic mass is 10.1. The molecule has 0 spiro atoms. The Morgan fingerprint density at radius 1 is 0.708 bits per heavy atom. The second-order valence-electron chi connectivity index (χ2n) is 4.46. The van der Waals surface area contributed by atoms with E-state index in [4.69, 9.17) is 23.2 Å². The van der Waals surface area contributed by atoms with Crippen molar-refractivity contribution in [3.05, 3.63) is 17.2 Å². The summed E-state index contributed by atoms with van der Waals surface area (Å²) in [5, 5.41) is 0. The van der Waals surface area contributed by atoms with Gasteiger partial charge >= 0.3 is 0 Å². The van der Waals surface area contributed by atoms with E-state index in [1.807, 2.05) is 0 Å². The van der Waals surface area contributed by atoms with E-state index in [9.17, 15) is 38.9 Å². The maximum Gasteiger partial charge on any atom is 0.295 e. The highest BCUT2D eigenvalue weighted by Gasteiger charge is 2.33. The Morgan fingerprint density at radius 2 is 1.04 bits per heavy atom. The van der Waals surface area contributed by atoms with E-state index in [0.717, 1.165) is 0 Å². The van der Waals surface area contributed by atoms with E-state index in [1.54, 1.807) is 0 Å². The van der Waals surface area contributed by atoms with Crippen LogP contribution >= 0.6 is 23.2 Å². The molecule has 0 fully saturated rings. The maximum absolute atomic E-state index is 11.7. The van der Waals surface area contributed by atoms with E-state index in [2.05, 4.69) is 0 Å². The normalized spacial score (nSPS) is 13.2. The average Bonchev–Trinajstić information content (AvgIpc) is 2.34. The Balaban J connectivity index is 4.27. The molecule has 3 N–H and O–H groups in total. The minimum atomic E-state index is -5.14. The molecule has 0 bridgehead atoms. The van der Waals surface area contributed by atoms with Gasteiger partial charge in [0.1, 0.15) is 4.90 Å². The topological polar surface area (TPSA) is 163 Å². The standard InChI is InChI=1S/C10H12Cl2O9S3/c11-3-1-6-8(22(13,14)15)5-9(23(16,17)18)7(2-4-12)10(6)24(19,20)21/h5H,1-4H2,(H,13,14,15)(H,16,17,18)(H,19,20,21). The molecule has 1 aromatic carbocycles. The van der Waals surface area contributed by atoms with Gasteiger partial charge in [0.25, 0.3) is 30.4 Å². The van der Waals surface area contributed by atoms with Crippen molar-refractivity contribution in [2.75, 3.05) is 11.8 Å². The van der Waals surface area contributed by atoms with Gasteiger partial charge in [0.15, 0.2) is 0 Å². The highest BCUT2D eigenvalue weighted by Crippen LogP contribution is 2.34. The van der Waals surface area contributed by atoms with Crippen LogP contribution in [0.2, 0.25) is 0 Å². The van der Waals surface area contributed by atoms with Crippen LogP contribution in [0.1, 0.15) is 11.1 Å². The number of alkyl halides is 2. The summed E-state index contributed by atoms with van der Waals surface area (Å²) in [5.74, 6) is -0.618. The van der Waals surface area contributed by atoms with Crippen LogP contribution in [0.15, 0.2) is 20.8 Å². The summed E-state index contributed by atoms with van der Waals surface area (Å²) in [5.41, 5.74) is -1.22. The zero-order valence-electron chi connectivity index (χ0n) is 11.7. The molecule has 24 heavy (non-hydrogen) atoms. The summed E-state index contributed by atoms with van der Waals surface area (Å²) >= 11 is 11.0. The predicted molar refractivity (Wildman–Crippen MR) is 84.7 cm³/mol. The van der Waals surface area contributed by atoms with Crippen LogP contribution in [-0.4, -0.2) is 50.7 Å². The molecular weight excluding hydrogens is 431 g/mol. The Bertz CT molecular complexity index is 890. The van der Waals surface area contributed by atoms with Gasteiger partial charge in [-0.1, -0.05) is 0 Å². The fourth-order valence-electron chi connectivity index (χ4n) is 2.13. The number of benzene rings is 1. The van der Waals surface area contributed by atoms with Crippen LogP contribution < -0.4 is 0 Å². The number of rotatable bonds is 7. The van der Waals surface area contributed by atoms with Crippen LogP contribution in [-0.2, 0) is 43.2 Å². The van der Waals surface area contributed by atoms with E-state index >= 15 is 0 Å². The van der Waals surface area contributed by atoms with Crippen molar-refractivity contribution in [3.8, 4) is 0 Å². The summed E-state index contributed by atoms with van der Waals surface area (Å²) in [6.45, 7) is 0. The van der Waals surface area contributed by atoms with Crippen molar-refractivity contribution >= 4 is 53.6 Å². The Morgan fingerprint density at radius 3 is 1.25 bits per heavy atom.